The number of aryl methyl sites for hydroxylation is 1. The fourth-order valence-electron chi connectivity index (χ4n) is 2.92. The molecule has 0 bridgehead atoms. The topological polar surface area (TPSA) is 60.8 Å². The second kappa shape index (κ2) is 9.97. The van der Waals surface area contributed by atoms with Gasteiger partial charge < -0.3 is 10.2 Å². The first-order chi connectivity index (χ1) is 12.0. The molecule has 4 nitrogen and oxygen atoms in total. The van der Waals surface area contributed by atoms with Crippen LogP contribution in [0.4, 0.5) is 0 Å². The first kappa shape index (κ1) is 19.2. The van der Waals surface area contributed by atoms with Crippen LogP contribution in [0.15, 0.2) is 54.6 Å². The summed E-state index contributed by atoms with van der Waals surface area (Å²) >= 11 is 0. The summed E-state index contributed by atoms with van der Waals surface area (Å²) in [4.78, 5) is 12.9. The minimum Gasteiger partial charge on any atom is -0.481 e. The van der Waals surface area contributed by atoms with E-state index in [4.69, 9.17) is 5.11 Å². The molecule has 0 aliphatic rings. The van der Waals surface area contributed by atoms with Crippen LogP contribution in [0.5, 0.6) is 0 Å². The number of carboxylic acids is 1. The SMILES string of the molecule is Cc1cccc(C(O)CN(CCCCC(=O)O)Cc2ccccc2)c1. The van der Waals surface area contributed by atoms with Gasteiger partial charge in [-0.05, 0) is 37.4 Å². The van der Waals surface area contributed by atoms with Crippen LogP contribution in [0.2, 0.25) is 0 Å². The minimum absolute atomic E-state index is 0.194. The molecule has 1 unspecified atom stereocenters. The van der Waals surface area contributed by atoms with Crippen LogP contribution >= 0.6 is 0 Å². The van der Waals surface area contributed by atoms with Gasteiger partial charge in [0, 0.05) is 19.5 Å². The number of unbranched alkanes of at least 4 members (excludes halogenated alkanes) is 1. The number of carbonyl (C=O) groups is 1. The van der Waals surface area contributed by atoms with Gasteiger partial charge in [-0.15, -0.1) is 0 Å². The smallest absolute Gasteiger partial charge is 0.303 e. The van der Waals surface area contributed by atoms with Crippen molar-refractivity contribution in [2.75, 3.05) is 13.1 Å². The van der Waals surface area contributed by atoms with Crippen LogP contribution in [0, 0.1) is 6.92 Å². The molecule has 0 fully saturated rings. The van der Waals surface area contributed by atoms with E-state index in [0.29, 0.717) is 13.0 Å². The first-order valence-corrected chi connectivity index (χ1v) is 8.77. The second-order valence-corrected chi connectivity index (χ2v) is 6.50. The average Bonchev–Trinajstić information content (AvgIpc) is 2.59. The van der Waals surface area contributed by atoms with Gasteiger partial charge in [-0.1, -0.05) is 60.2 Å². The van der Waals surface area contributed by atoms with Crippen molar-refractivity contribution in [3.05, 3.63) is 71.3 Å². The lowest BCUT2D eigenvalue weighted by Gasteiger charge is -2.25. The second-order valence-electron chi connectivity index (χ2n) is 6.50. The Morgan fingerprint density at radius 3 is 2.52 bits per heavy atom. The molecule has 2 aromatic carbocycles. The Morgan fingerprint density at radius 1 is 1.08 bits per heavy atom. The van der Waals surface area contributed by atoms with Gasteiger partial charge in [-0.2, -0.15) is 0 Å². The number of hydrogen-bond acceptors (Lipinski definition) is 3. The molecule has 0 aliphatic carbocycles. The van der Waals surface area contributed by atoms with Crippen molar-refractivity contribution in [2.24, 2.45) is 0 Å². The fourth-order valence-corrected chi connectivity index (χ4v) is 2.92. The number of aliphatic hydroxyl groups excluding tert-OH is 1. The van der Waals surface area contributed by atoms with Crippen molar-refractivity contribution in [3.8, 4) is 0 Å². The summed E-state index contributed by atoms with van der Waals surface area (Å²) in [6.07, 6.45) is 1.10. The summed E-state index contributed by atoms with van der Waals surface area (Å²) in [7, 11) is 0. The molecule has 134 valence electrons. The zero-order valence-corrected chi connectivity index (χ0v) is 14.8. The standard InChI is InChI=1S/C21H27NO3/c1-17-8-7-11-19(14-17)20(23)16-22(13-6-5-12-21(24)25)15-18-9-3-2-4-10-18/h2-4,7-11,14,20,23H,5-6,12-13,15-16H2,1H3,(H,24,25). The number of nitrogens with zero attached hydrogens (tertiary/aromatic N) is 1. The van der Waals surface area contributed by atoms with Crippen molar-refractivity contribution in [3.63, 3.8) is 0 Å². The molecule has 0 heterocycles. The van der Waals surface area contributed by atoms with E-state index in [1.807, 2.05) is 49.4 Å². The van der Waals surface area contributed by atoms with Crippen LogP contribution in [0.1, 0.15) is 42.1 Å². The number of rotatable bonds is 10. The molecule has 4 heteroatoms. The highest BCUT2D eigenvalue weighted by molar-refractivity contribution is 5.66. The van der Waals surface area contributed by atoms with Gasteiger partial charge in [0.2, 0.25) is 0 Å². The summed E-state index contributed by atoms with van der Waals surface area (Å²) in [5.41, 5.74) is 3.24. The van der Waals surface area contributed by atoms with E-state index >= 15 is 0 Å². The molecular weight excluding hydrogens is 314 g/mol. The highest BCUT2D eigenvalue weighted by atomic mass is 16.4. The molecule has 0 radical (unpaired) electrons. The van der Waals surface area contributed by atoms with Gasteiger partial charge in [0.1, 0.15) is 0 Å². The number of aliphatic carboxylic acids is 1. The lowest BCUT2D eigenvalue weighted by atomic mass is 10.1. The molecular formula is C21H27NO3. The van der Waals surface area contributed by atoms with E-state index in [1.54, 1.807) is 0 Å². The first-order valence-electron chi connectivity index (χ1n) is 8.77. The maximum Gasteiger partial charge on any atom is 0.303 e. The quantitative estimate of drug-likeness (QED) is 0.646. The lowest BCUT2D eigenvalue weighted by Crippen LogP contribution is -2.29. The van der Waals surface area contributed by atoms with Crippen LogP contribution in [-0.2, 0) is 11.3 Å². The van der Waals surface area contributed by atoms with E-state index in [-0.39, 0.29) is 6.42 Å². The zero-order chi connectivity index (χ0) is 18.1. The average molecular weight is 341 g/mol. The van der Waals surface area contributed by atoms with Gasteiger partial charge in [-0.3, -0.25) is 9.69 Å². The maximum absolute atomic E-state index is 10.7. The molecule has 0 aromatic heterocycles. The monoisotopic (exact) mass is 341 g/mol. The largest absolute Gasteiger partial charge is 0.481 e. The van der Waals surface area contributed by atoms with Crippen LogP contribution in [0.3, 0.4) is 0 Å². The van der Waals surface area contributed by atoms with Crippen molar-refractivity contribution in [2.45, 2.75) is 38.8 Å². The summed E-state index contributed by atoms with van der Waals surface area (Å²) < 4.78 is 0. The molecule has 2 rings (SSSR count). The number of hydrogen-bond donors (Lipinski definition) is 2. The van der Waals surface area contributed by atoms with Gasteiger partial charge in [0.25, 0.3) is 0 Å². The Hall–Kier alpha value is -2.17. The van der Waals surface area contributed by atoms with Gasteiger partial charge in [0.15, 0.2) is 0 Å². The molecule has 0 amide bonds. The summed E-state index contributed by atoms with van der Waals surface area (Å²) in [6, 6.07) is 18.1. The molecule has 0 aliphatic heterocycles. The molecule has 25 heavy (non-hydrogen) atoms. The van der Waals surface area contributed by atoms with E-state index in [9.17, 15) is 9.90 Å². The Labute approximate surface area is 149 Å². The van der Waals surface area contributed by atoms with Crippen LogP contribution in [-0.4, -0.2) is 34.2 Å². The van der Waals surface area contributed by atoms with Gasteiger partial charge in [-0.25, -0.2) is 0 Å². The fraction of sp³-hybridized carbons (Fsp3) is 0.381. The van der Waals surface area contributed by atoms with E-state index in [2.05, 4.69) is 17.0 Å². The van der Waals surface area contributed by atoms with Gasteiger partial charge >= 0.3 is 5.97 Å². The number of carboxylic acid groups (broad SMARTS) is 1. The zero-order valence-electron chi connectivity index (χ0n) is 14.8. The van der Waals surface area contributed by atoms with Crippen molar-refractivity contribution < 1.29 is 15.0 Å². The third kappa shape index (κ3) is 7.08. The third-order valence-corrected chi connectivity index (χ3v) is 4.22. The Kier molecular flexibility index (Phi) is 7.64. The third-order valence-electron chi connectivity index (χ3n) is 4.22. The van der Waals surface area contributed by atoms with Gasteiger partial charge in [0.05, 0.1) is 6.10 Å². The minimum atomic E-state index is -0.755. The summed E-state index contributed by atoms with van der Waals surface area (Å²) in [6.45, 7) is 4.07. The molecule has 0 saturated heterocycles. The Balaban J connectivity index is 1.98. The molecule has 0 spiro atoms. The predicted molar refractivity (Wildman–Crippen MR) is 99.3 cm³/mol. The van der Waals surface area contributed by atoms with Crippen molar-refractivity contribution in [1.82, 2.24) is 4.90 Å². The van der Waals surface area contributed by atoms with Crippen LogP contribution in [0.25, 0.3) is 0 Å². The van der Waals surface area contributed by atoms with E-state index in [1.165, 1.54) is 5.56 Å². The van der Waals surface area contributed by atoms with Crippen molar-refractivity contribution >= 4 is 5.97 Å². The molecule has 1 atom stereocenters. The lowest BCUT2D eigenvalue weighted by molar-refractivity contribution is -0.137. The van der Waals surface area contributed by atoms with Crippen LogP contribution < -0.4 is 0 Å². The Bertz CT molecular complexity index is 657. The van der Waals surface area contributed by atoms with Crippen molar-refractivity contribution in [1.29, 1.82) is 0 Å². The summed E-state index contributed by atoms with van der Waals surface area (Å²) in [5.74, 6) is -0.755. The molecule has 2 N–H and O–H groups in total. The normalized spacial score (nSPS) is 12.3. The highest BCUT2D eigenvalue weighted by Crippen LogP contribution is 2.17. The molecule has 2 aromatic rings. The highest BCUT2D eigenvalue weighted by Gasteiger charge is 2.14. The summed E-state index contributed by atoms with van der Waals surface area (Å²) in [5, 5.41) is 19.4. The predicted octanol–water partition coefficient (Wildman–Crippen LogP) is 3.79. The molecule has 0 saturated carbocycles. The Morgan fingerprint density at radius 2 is 1.84 bits per heavy atom. The number of benzene rings is 2. The van der Waals surface area contributed by atoms with E-state index < -0.39 is 12.1 Å². The van der Waals surface area contributed by atoms with E-state index in [0.717, 1.165) is 30.6 Å². The maximum atomic E-state index is 10.7. The number of aliphatic hydroxyl groups is 1.